The number of likely N-dealkylation sites (tertiary alicyclic amines) is 1. The van der Waals surface area contributed by atoms with E-state index in [2.05, 4.69) is 4.98 Å². The number of hydrogen-bond acceptors (Lipinski definition) is 8. The molecular weight excluding hydrogens is 428 g/mol. The summed E-state index contributed by atoms with van der Waals surface area (Å²) in [6, 6.07) is 4.99. The highest BCUT2D eigenvalue weighted by molar-refractivity contribution is 5.86. The van der Waals surface area contributed by atoms with Gasteiger partial charge in [0.05, 0.1) is 31.8 Å². The Hall–Kier alpha value is -2.62. The number of rotatable bonds is 4. The second-order valence-electron chi connectivity index (χ2n) is 9.70. The fraction of sp³-hybridized carbons (Fsp3) is 0.583. The molecule has 2 aliphatic rings. The van der Waals surface area contributed by atoms with Crippen LogP contribution in [0.1, 0.15) is 44.9 Å². The Balaban J connectivity index is 1.71. The first-order valence-electron chi connectivity index (χ1n) is 11.1. The van der Waals surface area contributed by atoms with Crippen LogP contribution in [0, 0.1) is 0 Å². The summed E-state index contributed by atoms with van der Waals surface area (Å²) < 4.78 is 22.7. The number of aryl methyl sites for hydroxylation is 1. The van der Waals surface area contributed by atoms with Crippen LogP contribution in [0.5, 0.6) is 11.5 Å². The van der Waals surface area contributed by atoms with Gasteiger partial charge in [-0.1, -0.05) is 0 Å². The molecule has 0 radical (unpaired) electrons. The van der Waals surface area contributed by atoms with Crippen molar-refractivity contribution in [3.8, 4) is 11.5 Å². The Labute approximate surface area is 193 Å². The molecule has 1 saturated heterocycles. The zero-order valence-corrected chi connectivity index (χ0v) is 19.8. The van der Waals surface area contributed by atoms with Crippen molar-refractivity contribution in [2.45, 2.75) is 70.2 Å². The summed E-state index contributed by atoms with van der Waals surface area (Å²) in [5, 5.41) is 21.4. The van der Waals surface area contributed by atoms with Crippen molar-refractivity contribution in [1.29, 1.82) is 0 Å². The topological polar surface area (TPSA) is 111 Å². The van der Waals surface area contributed by atoms with Crippen LogP contribution in [0.25, 0.3) is 10.9 Å². The van der Waals surface area contributed by atoms with Crippen LogP contribution in [0.4, 0.5) is 4.79 Å². The van der Waals surface area contributed by atoms with Crippen molar-refractivity contribution >= 4 is 17.0 Å². The van der Waals surface area contributed by atoms with E-state index in [0.29, 0.717) is 36.5 Å². The van der Waals surface area contributed by atoms with E-state index in [1.807, 2.05) is 18.2 Å². The van der Waals surface area contributed by atoms with Gasteiger partial charge in [0.25, 0.3) is 0 Å². The second-order valence-corrected chi connectivity index (χ2v) is 9.70. The number of aromatic nitrogens is 1. The summed E-state index contributed by atoms with van der Waals surface area (Å²) in [5.74, 6) is 1.24. The third kappa shape index (κ3) is 4.45. The monoisotopic (exact) mass is 460 g/mol. The molecule has 1 aromatic heterocycles. The molecule has 2 aliphatic heterocycles. The number of methoxy groups -OCH3 is 2. The van der Waals surface area contributed by atoms with Crippen LogP contribution in [-0.2, 0) is 22.5 Å². The maximum absolute atomic E-state index is 12.9. The van der Waals surface area contributed by atoms with E-state index in [0.717, 1.165) is 16.5 Å². The van der Waals surface area contributed by atoms with Crippen molar-refractivity contribution in [2.75, 3.05) is 20.8 Å². The lowest BCUT2D eigenvalue weighted by atomic mass is 9.87. The van der Waals surface area contributed by atoms with Gasteiger partial charge < -0.3 is 29.2 Å². The number of ether oxygens (including phenoxy) is 4. The standard InChI is InChI=1S/C24H32N2O7/c1-23(2,3)33-22(29)26-13-24(11-19(26)21(28)31-5)9-8-15-16-10-14(30-4)6-7-17(16)25-18(12-27)20(15)32-24/h6-7,10,19,21,27-28H,8-9,11-13H2,1-5H3. The average Bonchev–Trinajstić information content (AvgIpc) is 3.15. The number of fused-ring (bicyclic) bond motifs is 3. The number of aliphatic hydroxyl groups excluding tert-OH is 2. The van der Waals surface area contributed by atoms with Crippen molar-refractivity contribution in [2.24, 2.45) is 0 Å². The predicted octanol–water partition coefficient (Wildman–Crippen LogP) is 2.77. The first-order valence-corrected chi connectivity index (χ1v) is 11.1. The van der Waals surface area contributed by atoms with Gasteiger partial charge in [0.2, 0.25) is 0 Å². The van der Waals surface area contributed by atoms with E-state index < -0.39 is 29.6 Å². The van der Waals surface area contributed by atoms with E-state index in [4.69, 9.17) is 18.9 Å². The third-order valence-electron chi connectivity index (χ3n) is 6.26. The zero-order chi connectivity index (χ0) is 24.0. The van der Waals surface area contributed by atoms with Crippen molar-refractivity contribution in [3.63, 3.8) is 0 Å². The smallest absolute Gasteiger partial charge is 0.410 e. The SMILES string of the molecule is COc1ccc2nc(CO)c3c(c2c1)CCC1(CC(C(O)OC)N(C(=O)OC(C)(C)C)C1)O3. The summed E-state index contributed by atoms with van der Waals surface area (Å²) in [6.07, 6.45) is -0.0708. The molecule has 0 saturated carbocycles. The summed E-state index contributed by atoms with van der Waals surface area (Å²) in [4.78, 5) is 19.0. The van der Waals surface area contributed by atoms with Gasteiger partial charge in [-0.2, -0.15) is 0 Å². The van der Waals surface area contributed by atoms with E-state index in [-0.39, 0.29) is 13.2 Å². The van der Waals surface area contributed by atoms with E-state index in [1.54, 1.807) is 27.9 Å². The van der Waals surface area contributed by atoms with Crippen molar-refractivity contribution < 1.29 is 34.0 Å². The number of aliphatic hydroxyl groups is 2. The van der Waals surface area contributed by atoms with Crippen molar-refractivity contribution in [3.05, 3.63) is 29.5 Å². The van der Waals surface area contributed by atoms with Crippen LogP contribution in [0.15, 0.2) is 18.2 Å². The molecule has 9 nitrogen and oxygen atoms in total. The van der Waals surface area contributed by atoms with Gasteiger partial charge >= 0.3 is 6.09 Å². The number of pyridine rings is 1. The van der Waals surface area contributed by atoms with Gasteiger partial charge in [0, 0.05) is 24.5 Å². The Kier molecular flexibility index (Phi) is 6.15. The molecule has 0 aliphatic carbocycles. The van der Waals surface area contributed by atoms with Gasteiger partial charge in [0.1, 0.15) is 28.4 Å². The van der Waals surface area contributed by atoms with E-state index in [9.17, 15) is 15.0 Å². The van der Waals surface area contributed by atoms with Crippen LogP contribution in [0.3, 0.4) is 0 Å². The largest absolute Gasteiger partial charge is 0.497 e. The molecule has 3 atom stereocenters. The molecule has 0 bridgehead atoms. The van der Waals surface area contributed by atoms with E-state index >= 15 is 0 Å². The lowest BCUT2D eigenvalue weighted by molar-refractivity contribution is -0.117. The molecule has 180 valence electrons. The minimum Gasteiger partial charge on any atom is -0.497 e. The normalized spacial score (nSPS) is 23.4. The van der Waals surface area contributed by atoms with Gasteiger partial charge in [-0.25, -0.2) is 9.78 Å². The highest BCUT2D eigenvalue weighted by Crippen LogP contribution is 2.45. The Morgan fingerprint density at radius 1 is 1.36 bits per heavy atom. The number of carbonyl (C=O) groups is 1. The predicted molar refractivity (Wildman–Crippen MR) is 120 cm³/mol. The number of benzene rings is 1. The highest BCUT2D eigenvalue weighted by Gasteiger charge is 2.53. The van der Waals surface area contributed by atoms with E-state index in [1.165, 1.54) is 12.0 Å². The van der Waals surface area contributed by atoms with Gasteiger partial charge in [-0.15, -0.1) is 0 Å². The Morgan fingerprint density at radius 2 is 2.12 bits per heavy atom. The molecule has 1 amide bonds. The molecule has 2 N–H and O–H groups in total. The molecule has 1 fully saturated rings. The first-order chi connectivity index (χ1) is 15.6. The summed E-state index contributed by atoms with van der Waals surface area (Å²) >= 11 is 0. The lowest BCUT2D eigenvalue weighted by Gasteiger charge is -2.36. The number of hydrogen-bond donors (Lipinski definition) is 2. The van der Waals surface area contributed by atoms with Gasteiger partial charge in [-0.3, -0.25) is 4.90 Å². The Bertz CT molecular complexity index is 1050. The minimum atomic E-state index is -1.18. The summed E-state index contributed by atoms with van der Waals surface area (Å²) in [5.41, 5.74) is 0.718. The molecule has 33 heavy (non-hydrogen) atoms. The molecule has 1 spiro atoms. The fourth-order valence-corrected chi connectivity index (χ4v) is 4.74. The van der Waals surface area contributed by atoms with Crippen LogP contribution in [-0.4, -0.2) is 70.5 Å². The molecule has 4 rings (SSSR count). The maximum Gasteiger partial charge on any atom is 0.410 e. The third-order valence-corrected chi connectivity index (χ3v) is 6.26. The Morgan fingerprint density at radius 3 is 2.76 bits per heavy atom. The van der Waals surface area contributed by atoms with Crippen molar-refractivity contribution in [1.82, 2.24) is 9.88 Å². The zero-order valence-electron chi connectivity index (χ0n) is 19.8. The molecule has 3 unspecified atom stereocenters. The quantitative estimate of drug-likeness (QED) is 0.670. The van der Waals surface area contributed by atoms with Crippen LogP contribution >= 0.6 is 0 Å². The van der Waals surface area contributed by atoms with Gasteiger partial charge in [0.15, 0.2) is 6.29 Å². The second kappa shape index (κ2) is 8.62. The highest BCUT2D eigenvalue weighted by atomic mass is 16.6. The summed E-state index contributed by atoms with van der Waals surface area (Å²) in [6.45, 7) is 5.34. The fourth-order valence-electron chi connectivity index (χ4n) is 4.74. The average molecular weight is 461 g/mol. The van der Waals surface area contributed by atoms with Crippen LogP contribution in [0.2, 0.25) is 0 Å². The molecule has 1 aromatic carbocycles. The molecule has 3 heterocycles. The minimum absolute atomic E-state index is 0.230. The van der Waals surface area contributed by atoms with Gasteiger partial charge in [-0.05, 0) is 51.8 Å². The lowest BCUT2D eigenvalue weighted by Crippen LogP contribution is -2.47. The molecular formula is C24H32N2O7. The molecule has 2 aromatic rings. The number of nitrogens with zero attached hydrogens (tertiary/aromatic N) is 2. The summed E-state index contributed by atoms with van der Waals surface area (Å²) in [7, 11) is 3.01. The number of amides is 1. The van der Waals surface area contributed by atoms with Crippen LogP contribution < -0.4 is 9.47 Å². The number of carbonyl (C=O) groups excluding carboxylic acids is 1. The maximum atomic E-state index is 12.9. The first kappa shape index (κ1) is 23.5. The molecule has 9 heteroatoms.